The van der Waals surface area contributed by atoms with Crippen LogP contribution in [0.25, 0.3) is 0 Å². The van der Waals surface area contributed by atoms with Crippen molar-refractivity contribution in [3.63, 3.8) is 0 Å². The maximum Gasteiger partial charge on any atom is 0.231 e. The fraction of sp³-hybridized carbons (Fsp3) is 0.250. The molecule has 1 aliphatic rings. The highest BCUT2D eigenvalue weighted by Gasteiger charge is 2.17. The van der Waals surface area contributed by atoms with Crippen LogP contribution in [0.3, 0.4) is 0 Å². The van der Waals surface area contributed by atoms with Gasteiger partial charge in [-0.3, -0.25) is 0 Å². The summed E-state index contributed by atoms with van der Waals surface area (Å²) in [4.78, 5) is 0. The first kappa shape index (κ1) is 13.8. The Labute approximate surface area is 121 Å². The first-order chi connectivity index (χ1) is 10.2. The standard InChI is InChI=1S/C16H15F2NO2/c1-19-14(7-10-2-4-12(17)13(18)6-10)11-3-5-15-16(8-11)21-9-20-15/h2-6,8,14,19H,7,9H2,1H3. The van der Waals surface area contributed by atoms with Crippen LogP contribution in [0, 0.1) is 11.6 Å². The van der Waals surface area contributed by atoms with Crippen LogP contribution in [-0.2, 0) is 6.42 Å². The number of likely N-dealkylation sites (N-methyl/N-ethyl adjacent to an activating group) is 1. The summed E-state index contributed by atoms with van der Waals surface area (Å²) in [5, 5.41) is 3.18. The number of hydrogen-bond acceptors (Lipinski definition) is 3. The predicted molar refractivity (Wildman–Crippen MR) is 74.4 cm³/mol. The van der Waals surface area contributed by atoms with Gasteiger partial charge in [-0.25, -0.2) is 8.78 Å². The minimum absolute atomic E-state index is 0.0237. The number of benzene rings is 2. The molecule has 0 saturated heterocycles. The summed E-state index contributed by atoms with van der Waals surface area (Å²) in [5.74, 6) is -0.227. The first-order valence-electron chi connectivity index (χ1n) is 6.68. The molecule has 1 unspecified atom stereocenters. The Morgan fingerprint density at radius 1 is 1.05 bits per heavy atom. The lowest BCUT2D eigenvalue weighted by Crippen LogP contribution is -2.18. The van der Waals surface area contributed by atoms with Gasteiger partial charge in [0.15, 0.2) is 23.1 Å². The van der Waals surface area contributed by atoms with E-state index < -0.39 is 11.6 Å². The topological polar surface area (TPSA) is 30.5 Å². The molecule has 1 heterocycles. The maximum absolute atomic E-state index is 13.3. The maximum atomic E-state index is 13.3. The van der Waals surface area contributed by atoms with Crippen molar-refractivity contribution in [1.29, 1.82) is 0 Å². The highest BCUT2D eigenvalue weighted by molar-refractivity contribution is 5.45. The largest absolute Gasteiger partial charge is 0.454 e. The Bertz CT molecular complexity index is 661. The minimum atomic E-state index is -0.831. The van der Waals surface area contributed by atoms with Gasteiger partial charge in [0.2, 0.25) is 6.79 Å². The molecule has 5 heteroatoms. The Morgan fingerprint density at radius 3 is 2.62 bits per heavy atom. The van der Waals surface area contributed by atoms with Crippen LogP contribution in [0.5, 0.6) is 11.5 Å². The van der Waals surface area contributed by atoms with E-state index in [1.165, 1.54) is 6.07 Å². The molecule has 0 saturated carbocycles. The molecular formula is C16H15F2NO2. The first-order valence-corrected chi connectivity index (χ1v) is 6.68. The Kier molecular flexibility index (Phi) is 3.75. The smallest absolute Gasteiger partial charge is 0.231 e. The average molecular weight is 291 g/mol. The second-order valence-electron chi connectivity index (χ2n) is 4.91. The van der Waals surface area contributed by atoms with Crippen LogP contribution in [0.4, 0.5) is 8.78 Å². The van der Waals surface area contributed by atoms with Crippen LogP contribution >= 0.6 is 0 Å². The van der Waals surface area contributed by atoms with Crippen molar-refractivity contribution in [3.8, 4) is 11.5 Å². The predicted octanol–water partition coefficient (Wildman–Crippen LogP) is 3.20. The van der Waals surface area contributed by atoms with Gasteiger partial charge in [0, 0.05) is 6.04 Å². The molecule has 0 spiro atoms. The van der Waals surface area contributed by atoms with Crippen LogP contribution in [0.1, 0.15) is 17.2 Å². The lowest BCUT2D eigenvalue weighted by atomic mass is 9.98. The van der Waals surface area contributed by atoms with Gasteiger partial charge in [0.25, 0.3) is 0 Å². The molecule has 3 rings (SSSR count). The van der Waals surface area contributed by atoms with E-state index in [4.69, 9.17) is 9.47 Å². The molecule has 3 nitrogen and oxygen atoms in total. The number of fused-ring (bicyclic) bond motifs is 1. The fourth-order valence-electron chi connectivity index (χ4n) is 2.42. The summed E-state index contributed by atoms with van der Waals surface area (Å²) in [7, 11) is 1.83. The Balaban J connectivity index is 1.83. The van der Waals surface area contributed by atoms with E-state index in [2.05, 4.69) is 5.32 Å². The molecule has 0 fully saturated rings. The van der Waals surface area contributed by atoms with Gasteiger partial charge in [0.1, 0.15) is 0 Å². The van der Waals surface area contributed by atoms with E-state index >= 15 is 0 Å². The van der Waals surface area contributed by atoms with Crippen molar-refractivity contribution in [3.05, 3.63) is 59.2 Å². The summed E-state index contributed by atoms with van der Waals surface area (Å²) in [6.07, 6.45) is 0.549. The van der Waals surface area contributed by atoms with Gasteiger partial charge in [0.05, 0.1) is 0 Å². The van der Waals surface area contributed by atoms with Crippen molar-refractivity contribution in [2.75, 3.05) is 13.8 Å². The lowest BCUT2D eigenvalue weighted by Gasteiger charge is -2.17. The summed E-state index contributed by atoms with van der Waals surface area (Å²) < 4.78 is 36.9. The zero-order valence-electron chi connectivity index (χ0n) is 11.5. The van der Waals surface area contributed by atoms with E-state index in [0.717, 1.165) is 22.9 Å². The van der Waals surface area contributed by atoms with Crippen LogP contribution in [0.15, 0.2) is 36.4 Å². The van der Waals surface area contributed by atoms with Crippen molar-refractivity contribution >= 4 is 0 Å². The third kappa shape index (κ3) is 2.83. The summed E-state index contributed by atoms with van der Waals surface area (Å²) in [6, 6.07) is 9.65. The molecule has 2 aromatic rings. The molecule has 0 aromatic heterocycles. The average Bonchev–Trinajstić information content (AvgIpc) is 2.95. The third-order valence-corrected chi connectivity index (χ3v) is 3.57. The summed E-state index contributed by atoms with van der Waals surface area (Å²) in [6.45, 7) is 0.228. The third-order valence-electron chi connectivity index (χ3n) is 3.57. The second kappa shape index (κ2) is 5.69. The van der Waals surface area contributed by atoms with Crippen LogP contribution in [0.2, 0.25) is 0 Å². The van der Waals surface area contributed by atoms with Crippen LogP contribution in [-0.4, -0.2) is 13.8 Å². The molecule has 1 atom stereocenters. The van der Waals surface area contributed by atoms with Gasteiger partial charge >= 0.3 is 0 Å². The van der Waals surface area contributed by atoms with Gasteiger partial charge in [-0.1, -0.05) is 12.1 Å². The van der Waals surface area contributed by atoms with E-state index in [-0.39, 0.29) is 12.8 Å². The summed E-state index contributed by atoms with van der Waals surface area (Å²) >= 11 is 0. The second-order valence-corrected chi connectivity index (χ2v) is 4.91. The number of rotatable bonds is 4. The SMILES string of the molecule is CNC(Cc1ccc(F)c(F)c1)c1ccc2c(c1)OCO2. The van der Waals surface area contributed by atoms with E-state index in [1.807, 2.05) is 25.2 Å². The van der Waals surface area contributed by atoms with Crippen molar-refractivity contribution < 1.29 is 18.3 Å². The molecule has 0 radical (unpaired) electrons. The number of nitrogens with one attached hydrogen (secondary N) is 1. The van der Waals surface area contributed by atoms with Crippen molar-refractivity contribution in [1.82, 2.24) is 5.32 Å². The van der Waals surface area contributed by atoms with E-state index in [9.17, 15) is 8.78 Å². The molecule has 0 amide bonds. The molecule has 1 aliphatic heterocycles. The highest BCUT2D eigenvalue weighted by atomic mass is 19.2. The van der Waals surface area contributed by atoms with Gasteiger partial charge in [-0.05, 0) is 48.9 Å². The number of halogens is 2. The molecular weight excluding hydrogens is 276 g/mol. The minimum Gasteiger partial charge on any atom is -0.454 e. The van der Waals surface area contributed by atoms with Gasteiger partial charge in [-0.2, -0.15) is 0 Å². The molecule has 21 heavy (non-hydrogen) atoms. The highest BCUT2D eigenvalue weighted by Crippen LogP contribution is 2.34. The zero-order valence-corrected chi connectivity index (χ0v) is 11.5. The molecule has 1 N–H and O–H groups in total. The number of hydrogen-bond donors (Lipinski definition) is 1. The van der Waals surface area contributed by atoms with Crippen molar-refractivity contribution in [2.24, 2.45) is 0 Å². The number of ether oxygens (including phenoxy) is 2. The summed E-state index contributed by atoms with van der Waals surface area (Å²) in [5.41, 5.74) is 1.73. The van der Waals surface area contributed by atoms with Gasteiger partial charge in [-0.15, -0.1) is 0 Å². The lowest BCUT2D eigenvalue weighted by molar-refractivity contribution is 0.174. The van der Waals surface area contributed by atoms with E-state index in [1.54, 1.807) is 6.07 Å². The van der Waals surface area contributed by atoms with Crippen molar-refractivity contribution in [2.45, 2.75) is 12.5 Å². The van der Waals surface area contributed by atoms with Gasteiger partial charge < -0.3 is 14.8 Å². The fourth-order valence-corrected chi connectivity index (χ4v) is 2.42. The quantitative estimate of drug-likeness (QED) is 0.938. The molecule has 2 aromatic carbocycles. The molecule has 110 valence electrons. The zero-order chi connectivity index (χ0) is 14.8. The van der Waals surface area contributed by atoms with Crippen LogP contribution < -0.4 is 14.8 Å². The van der Waals surface area contributed by atoms with E-state index in [0.29, 0.717) is 12.2 Å². The normalized spacial score (nSPS) is 14.2. The Hall–Kier alpha value is -2.14. The Morgan fingerprint density at radius 2 is 1.86 bits per heavy atom. The monoisotopic (exact) mass is 291 g/mol. The molecule has 0 aliphatic carbocycles. The molecule has 0 bridgehead atoms.